The van der Waals surface area contributed by atoms with Crippen molar-refractivity contribution < 1.29 is 9.13 Å². The smallest absolute Gasteiger partial charge is 0.167 e. The van der Waals surface area contributed by atoms with Crippen LogP contribution in [-0.2, 0) is 13.0 Å². The van der Waals surface area contributed by atoms with E-state index in [4.69, 9.17) is 4.74 Å². The Labute approximate surface area is 117 Å². The lowest BCUT2D eigenvalue weighted by molar-refractivity contribution is 0.321. The average Bonchev–Trinajstić information content (AvgIpc) is 2.87. The van der Waals surface area contributed by atoms with Crippen LogP contribution in [0.2, 0.25) is 0 Å². The van der Waals surface area contributed by atoms with E-state index in [0.717, 1.165) is 18.7 Å². The number of rotatable bonds is 6. The minimum absolute atomic E-state index is 0.303. The molecule has 0 atom stereocenters. The highest BCUT2D eigenvalue weighted by atomic mass is 32.1. The first-order valence-electron chi connectivity index (χ1n) is 6.46. The summed E-state index contributed by atoms with van der Waals surface area (Å²) in [5.74, 6) is -0.0234. The second-order valence-corrected chi connectivity index (χ2v) is 5.41. The third kappa shape index (κ3) is 3.70. The number of hydrogen-bond acceptors (Lipinski definition) is 3. The summed E-state index contributed by atoms with van der Waals surface area (Å²) in [7, 11) is 0. The van der Waals surface area contributed by atoms with Crippen molar-refractivity contribution >= 4 is 17.0 Å². The summed E-state index contributed by atoms with van der Waals surface area (Å²) in [6.45, 7) is 5.18. The molecule has 102 valence electrons. The Bertz CT molecular complexity index is 539. The van der Waals surface area contributed by atoms with Crippen molar-refractivity contribution in [3.8, 4) is 5.75 Å². The van der Waals surface area contributed by atoms with Gasteiger partial charge in [-0.25, -0.2) is 4.39 Å². The summed E-state index contributed by atoms with van der Waals surface area (Å²) in [5.41, 5.74) is 0.771. The quantitative estimate of drug-likeness (QED) is 0.843. The van der Waals surface area contributed by atoms with Crippen molar-refractivity contribution in [3.63, 3.8) is 0 Å². The van der Waals surface area contributed by atoms with Gasteiger partial charge in [-0.2, -0.15) is 0 Å². The van der Waals surface area contributed by atoms with Gasteiger partial charge >= 0.3 is 0 Å². The first-order valence-corrected chi connectivity index (χ1v) is 7.28. The van der Waals surface area contributed by atoms with Gasteiger partial charge < -0.3 is 10.1 Å². The van der Waals surface area contributed by atoms with E-state index in [0.29, 0.717) is 12.4 Å². The number of nitrogens with one attached hydrogen (secondary N) is 1. The van der Waals surface area contributed by atoms with Gasteiger partial charge in [-0.1, -0.05) is 6.92 Å². The fourth-order valence-corrected chi connectivity index (χ4v) is 2.68. The first kappa shape index (κ1) is 13.9. The monoisotopic (exact) mass is 279 g/mol. The Morgan fingerprint density at radius 1 is 1.16 bits per heavy atom. The van der Waals surface area contributed by atoms with Crippen molar-refractivity contribution in [1.82, 2.24) is 0 Å². The molecule has 0 amide bonds. The van der Waals surface area contributed by atoms with Gasteiger partial charge in [-0.15, -0.1) is 11.3 Å². The molecule has 0 aliphatic heterocycles. The highest BCUT2D eigenvalue weighted by molar-refractivity contribution is 7.12. The molecule has 19 heavy (non-hydrogen) atoms. The molecule has 0 aliphatic rings. The van der Waals surface area contributed by atoms with E-state index in [1.165, 1.54) is 15.8 Å². The van der Waals surface area contributed by atoms with Gasteiger partial charge in [-0.05, 0) is 37.6 Å². The average molecular weight is 279 g/mol. The maximum Gasteiger partial charge on any atom is 0.167 e. The fourth-order valence-electron chi connectivity index (χ4n) is 1.78. The molecule has 0 saturated carbocycles. The third-order valence-electron chi connectivity index (χ3n) is 2.76. The Morgan fingerprint density at radius 3 is 2.58 bits per heavy atom. The number of anilines is 1. The molecule has 0 spiro atoms. The van der Waals surface area contributed by atoms with Gasteiger partial charge in [-0.3, -0.25) is 0 Å². The Balaban J connectivity index is 1.97. The van der Waals surface area contributed by atoms with Crippen molar-refractivity contribution in [2.45, 2.75) is 26.8 Å². The van der Waals surface area contributed by atoms with Crippen LogP contribution in [0.5, 0.6) is 5.75 Å². The molecule has 1 N–H and O–H groups in total. The van der Waals surface area contributed by atoms with Crippen LogP contribution in [0.15, 0.2) is 30.3 Å². The predicted octanol–water partition coefficient (Wildman–Crippen LogP) is 4.46. The molecular formula is C15H18FNOS. The van der Waals surface area contributed by atoms with E-state index < -0.39 is 0 Å². The molecule has 2 aromatic rings. The molecule has 1 aromatic carbocycles. The highest BCUT2D eigenvalue weighted by Crippen LogP contribution is 2.23. The van der Waals surface area contributed by atoms with Gasteiger partial charge in [0.2, 0.25) is 0 Å². The van der Waals surface area contributed by atoms with Gasteiger partial charge in [0.1, 0.15) is 0 Å². The third-order valence-corrected chi connectivity index (χ3v) is 3.99. The maximum absolute atomic E-state index is 13.7. The Hall–Kier alpha value is -1.55. The lowest BCUT2D eigenvalue weighted by atomic mass is 10.3. The van der Waals surface area contributed by atoms with E-state index in [-0.39, 0.29) is 5.82 Å². The Morgan fingerprint density at radius 2 is 1.95 bits per heavy atom. The minimum Gasteiger partial charge on any atom is -0.491 e. The molecule has 0 unspecified atom stereocenters. The lowest BCUT2D eigenvalue weighted by Gasteiger charge is -2.08. The number of halogens is 1. The summed E-state index contributed by atoms with van der Waals surface area (Å²) in [6, 6.07) is 9.22. The zero-order valence-corrected chi connectivity index (χ0v) is 12.0. The molecular weight excluding hydrogens is 261 g/mol. The fraction of sp³-hybridized carbons (Fsp3) is 0.333. The first-order chi connectivity index (χ1) is 9.22. The van der Waals surface area contributed by atoms with Crippen LogP contribution in [0, 0.1) is 5.82 Å². The van der Waals surface area contributed by atoms with Gasteiger partial charge in [0.25, 0.3) is 0 Å². The van der Waals surface area contributed by atoms with Crippen molar-refractivity contribution in [1.29, 1.82) is 0 Å². The van der Waals surface area contributed by atoms with Crippen LogP contribution in [0.3, 0.4) is 0 Å². The number of thiophene rings is 1. The molecule has 0 saturated heterocycles. The summed E-state index contributed by atoms with van der Waals surface area (Å²) in [6.07, 6.45) is 1.06. The van der Waals surface area contributed by atoms with Crippen LogP contribution in [-0.4, -0.2) is 6.61 Å². The second kappa shape index (κ2) is 6.57. The molecule has 0 fully saturated rings. The predicted molar refractivity (Wildman–Crippen MR) is 78.6 cm³/mol. The molecule has 0 radical (unpaired) electrons. The van der Waals surface area contributed by atoms with Gasteiger partial charge in [0.15, 0.2) is 11.6 Å². The van der Waals surface area contributed by atoms with Gasteiger partial charge in [0, 0.05) is 28.1 Å². The van der Waals surface area contributed by atoms with Crippen LogP contribution < -0.4 is 10.1 Å². The van der Waals surface area contributed by atoms with E-state index in [9.17, 15) is 4.39 Å². The molecule has 0 aliphatic carbocycles. The van der Waals surface area contributed by atoms with Crippen molar-refractivity contribution in [2.24, 2.45) is 0 Å². The highest BCUT2D eigenvalue weighted by Gasteiger charge is 2.04. The summed E-state index contributed by atoms with van der Waals surface area (Å²) in [5, 5.41) is 3.22. The molecule has 0 bridgehead atoms. The number of aryl methyl sites for hydroxylation is 1. The zero-order chi connectivity index (χ0) is 13.7. The van der Waals surface area contributed by atoms with Crippen LogP contribution in [0.1, 0.15) is 23.6 Å². The second-order valence-electron chi connectivity index (χ2n) is 4.15. The minimum atomic E-state index is -0.327. The summed E-state index contributed by atoms with van der Waals surface area (Å²) in [4.78, 5) is 2.63. The standard InChI is InChI=1S/C15H18FNOS/c1-3-12-6-7-13(19-12)10-17-11-5-8-15(18-4-2)14(16)9-11/h5-9,17H,3-4,10H2,1-2H3. The van der Waals surface area contributed by atoms with E-state index in [2.05, 4.69) is 24.4 Å². The van der Waals surface area contributed by atoms with Crippen LogP contribution >= 0.6 is 11.3 Å². The molecule has 2 nitrogen and oxygen atoms in total. The molecule has 1 aromatic heterocycles. The van der Waals surface area contributed by atoms with Crippen molar-refractivity contribution in [2.75, 3.05) is 11.9 Å². The van der Waals surface area contributed by atoms with Crippen LogP contribution in [0.4, 0.5) is 10.1 Å². The number of benzene rings is 1. The normalized spacial score (nSPS) is 10.5. The van der Waals surface area contributed by atoms with E-state index in [1.54, 1.807) is 17.4 Å². The maximum atomic E-state index is 13.7. The van der Waals surface area contributed by atoms with Gasteiger partial charge in [0.05, 0.1) is 6.61 Å². The molecule has 1 heterocycles. The lowest BCUT2D eigenvalue weighted by Crippen LogP contribution is -1.99. The van der Waals surface area contributed by atoms with E-state index >= 15 is 0 Å². The number of ether oxygens (including phenoxy) is 1. The van der Waals surface area contributed by atoms with Crippen LogP contribution in [0.25, 0.3) is 0 Å². The number of hydrogen-bond donors (Lipinski definition) is 1. The summed E-state index contributed by atoms with van der Waals surface area (Å²) < 4.78 is 18.8. The summed E-state index contributed by atoms with van der Waals surface area (Å²) >= 11 is 1.79. The SMILES string of the molecule is CCOc1ccc(NCc2ccc(CC)s2)cc1F. The molecule has 4 heteroatoms. The van der Waals surface area contributed by atoms with E-state index in [1.807, 2.05) is 13.0 Å². The van der Waals surface area contributed by atoms with Crippen molar-refractivity contribution in [3.05, 3.63) is 45.9 Å². The molecule has 2 rings (SSSR count). The Kier molecular flexibility index (Phi) is 4.80. The largest absolute Gasteiger partial charge is 0.491 e. The zero-order valence-electron chi connectivity index (χ0n) is 11.2. The topological polar surface area (TPSA) is 21.3 Å².